The van der Waals surface area contributed by atoms with E-state index in [9.17, 15) is 0 Å². The molecule has 0 aromatic rings. The van der Waals surface area contributed by atoms with E-state index in [0.29, 0.717) is 0 Å². The Kier molecular flexibility index (Phi) is 5.79. The Labute approximate surface area is 122 Å². The van der Waals surface area contributed by atoms with Crippen molar-refractivity contribution < 1.29 is 9.94 Å². The molecule has 0 bridgehead atoms. The predicted molar refractivity (Wildman–Crippen MR) is 81.2 cm³/mol. The molecule has 1 aliphatic rings. The molecule has 118 valence electrons. The fourth-order valence-electron chi connectivity index (χ4n) is 2.30. The quantitative estimate of drug-likeness (QED) is 0.340. The first-order valence-corrected chi connectivity index (χ1v) is 7.26. The summed E-state index contributed by atoms with van der Waals surface area (Å²) in [4.78, 5) is 4.65. The summed E-state index contributed by atoms with van der Waals surface area (Å²) in [5, 5.41) is 12.0. The summed E-state index contributed by atoms with van der Waals surface area (Å²) in [5.41, 5.74) is 5.30. The first kappa shape index (κ1) is 17.2. The van der Waals surface area contributed by atoms with E-state index in [1.807, 2.05) is 13.8 Å². The highest BCUT2D eigenvalue weighted by Gasteiger charge is 2.33. The number of nitrogens with zero attached hydrogens (tertiary/aromatic N) is 3. The highest BCUT2D eigenvalue weighted by atomic mass is 16.5. The van der Waals surface area contributed by atoms with Crippen molar-refractivity contribution in [2.75, 3.05) is 39.3 Å². The topological polar surface area (TPSA) is 74.3 Å². The van der Waals surface area contributed by atoms with Gasteiger partial charge in [-0.15, -0.1) is 0 Å². The van der Waals surface area contributed by atoms with Crippen molar-refractivity contribution in [1.82, 2.24) is 9.80 Å². The van der Waals surface area contributed by atoms with Crippen LogP contribution in [-0.4, -0.2) is 71.3 Å². The number of oxime groups is 1. The van der Waals surface area contributed by atoms with Crippen molar-refractivity contribution in [1.29, 1.82) is 0 Å². The number of nitrogens with two attached hydrogens (primary N) is 1. The second-order valence-electron chi connectivity index (χ2n) is 6.83. The van der Waals surface area contributed by atoms with Crippen LogP contribution in [0.15, 0.2) is 5.16 Å². The molecular weight excluding hydrogens is 256 g/mol. The summed E-state index contributed by atoms with van der Waals surface area (Å²) >= 11 is 0. The second-order valence-corrected chi connectivity index (χ2v) is 6.83. The lowest BCUT2D eigenvalue weighted by Crippen LogP contribution is -2.60. The van der Waals surface area contributed by atoms with Crippen molar-refractivity contribution >= 4 is 5.84 Å². The summed E-state index contributed by atoms with van der Waals surface area (Å²) in [6, 6.07) is 0. The zero-order chi connectivity index (χ0) is 15.4. The standard InChI is InChI=1S/C14H30N4O2/c1-13(2,3)20-11-10-17-6-8-18(9-7-17)14(4,5)12(15)16-19/h19H,6-11H2,1-5H3,(H2,15,16). The van der Waals surface area contributed by atoms with Gasteiger partial charge in [-0.25, -0.2) is 0 Å². The average molecular weight is 286 g/mol. The van der Waals surface area contributed by atoms with E-state index in [1.165, 1.54) is 0 Å². The largest absolute Gasteiger partial charge is 0.409 e. The van der Waals surface area contributed by atoms with Gasteiger partial charge in [-0.1, -0.05) is 5.16 Å². The lowest BCUT2D eigenvalue weighted by atomic mass is 10.0. The van der Waals surface area contributed by atoms with Crippen LogP contribution in [0.25, 0.3) is 0 Å². The van der Waals surface area contributed by atoms with Gasteiger partial charge in [-0.05, 0) is 34.6 Å². The lowest BCUT2D eigenvalue weighted by molar-refractivity contribution is -0.0203. The molecule has 0 aromatic carbocycles. The normalized spacial score (nSPS) is 20.4. The fraction of sp³-hybridized carbons (Fsp3) is 0.929. The third-order valence-electron chi connectivity index (χ3n) is 3.84. The van der Waals surface area contributed by atoms with Crippen molar-refractivity contribution in [3.05, 3.63) is 0 Å². The minimum atomic E-state index is -0.400. The molecule has 0 radical (unpaired) electrons. The van der Waals surface area contributed by atoms with E-state index in [-0.39, 0.29) is 11.4 Å². The van der Waals surface area contributed by atoms with Crippen molar-refractivity contribution in [2.45, 2.75) is 45.8 Å². The Balaban J connectivity index is 2.37. The zero-order valence-corrected chi connectivity index (χ0v) is 13.5. The summed E-state index contributed by atoms with van der Waals surface area (Å²) < 4.78 is 5.75. The molecule has 0 unspecified atom stereocenters. The van der Waals surface area contributed by atoms with Gasteiger partial charge in [0.1, 0.15) is 0 Å². The molecule has 0 saturated carbocycles. The Hall–Kier alpha value is -0.850. The minimum Gasteiger partial charge on any atom is -0.409 e. The van der Waals surface area contributed by atoms with Gasteiger partial charge in [-0.3, -0.25) is 9.80 Å². The summed E-state index contributed by atoms with van der Waals surface area (Å²) in [6.45, 7) is 15.7. The number of rotatable bonds is 5. The highest BCUT2D eigenvalue weighted by Crippen LogP contribution is 2.17. The molecule has 6 heteroatoms. The molecule has 1 saturated heterocycles. The van der Waals surface area contributed by atoms with Gasteiger partial charge in [0, 0.05) is 32.7 Å². The van der Waals surface area contributed by atoms with Gasteiger partial charge in [0.25, 0.3) is 0 Å². The van der Waals surface area contributed by atoms with Crippen LogP contribution in [-0.2, 0) is 4.74 Å². The van der Waals surface area contributed by atoms with Crippen LogP contribution in [0.1, 0.15) is 34.6 Å². The average Bonchev–Trinajstić information content (AvgIpc) is 2.36. The monoisotopic (exact) mass is 286 g/mol. The van der Waals surface area contributed by atoms with E-state index in [4.69, 9.17) is 15.7 Å². The molecule has 3 N–H and O–H groups in total. The number of amidine groups is 1. The van der Waals surface area contributed by atoms with Crippen LogP contribution < -0.4 is 5.73 Å². The molecule has 1 aliphatic heterocycles. The number of hydrogen-bond donors (Lipinski definition) is 2. The zero-order valence-electron chi connectivity index (χ0n) is 13.5. The molecule has 1 fully saturated rings. The first-order chi connectivity index (χ1) is 9.16. The molecular formula is C14H30N4O2. The SMILES string of the molecule is CC(C)(C)OCCN1CCN(C(C)(C)C(N)=NO)CC1. The smallest absolute Gasteiger partial charge is 0.159 e. The predicted octanol–water partition coefficient (Wildman–Crippen LogP) is 0.944. The molecule has 6 nitrogen and oxygen atoms in total. The third-order valence-corrected chi connectivity index (χ3v) is 3.84. The van der Waals surface area contributed by atoms with Crippen LogP contribution in [0.5, 0.6) is 0 Å². The number of ether oxygens (including phenoxy) is 1. The van der Waals surface area contributed by atoms with Gasteiger partial charge in [0.05, 0.1) is 17.7 Å². The van der Waals surface area contributed by atoms with Crippen LogP contribution in [0.2, 0.25) is 0 Å². The molecule has 0 spiro atoms. The van der Waals surface area contributed by atoms with Crippen molar-refractivity contribution in [3.63, 3.8) is 0 Å². The van der Waals surface area contributed by atoms with Gasteiger partial charge in [0.2, 0.25) is 0 Å². The maximum Gasteiger partial charge on any atom is 0.159 e. The summed E-state index contributed by atoms with van der Waals surface area (Å²) in [7, 11) is 0. The minimum absolute atomic E-state index is 0.0736. The third kappa shape index (κ3) is 4.92. The van der Waals surface area contributed by atoms with E-state index in [2.05, 4.69) is 35.7 Å². The van der Waals surface area contributed by atoms with Gasteiger partial charge >= 0.3 is 0 Å². The summed E-state index contributed by atoms with van der Waals surface area (Å²) in [5.74, 6) is 0.266. The van der Waals surface area contributed by atoms with E-state index in [0.717, 1.165) is 39.3 Å². The molecule has 1 heterocycles. The van der Waals surface area contributed by atoms with Crippen LogP contribution in [0.4, 0.5) is 0 Å². The lowest BCUT2D eigenvalue weighted by Gasteiger charge is -2.43. The second kappa shape index (κ2) is 6.74. The Morgan fingerprint density at radius 3 is 2.15 bits per heavy atom. The van der Waals surface area contributed by atoms with Gasteiger partial charge in [-0.2, -0.15) is 0 Å². The Morgan fingerprint density at radius 2 is 1.70 bits per heavy atom. The van der Waals surface area contributed by atoms with Crippen LogP contribution in [0.3, 0.4) is 0 Å². The maximum atomic E-state index is 8.85. The number of hydrogen-bond acceptors (Lipinski definition) is 5. The molecule has 0 amide bonds. The van der Waals surface area contributed by atoms with Crippen molar-refractivity contribution in [2.24, 2.45) is 10.9 Å². The first-order valence-electron chi connectivity index (χ1n) is 7.26. The molecule has 1 rings (SSSR count). The van der Waals surface area contributed by atoms with Crippen LogP contribution in [0, 0.1) is 0 Å². The van der Waals surface area contributed by atoms with E-state index in [1.54, 1.807) is 0 Å². The van der Waals surface area contributed by atoms with Crippen molar-refractivity contribution in [3.8, 4) is 0 Å². The van der Waals surface area contributed by atoms with Gasteiger partial charge < -0.3 is 15.7 Å². The molecule has 0 atom stereocenters. The molecule has 20 heavy (non-hydrogen) atoms. The molecule has 0 aromatic heterocycles. The maximum absolute atomic E-state index is 8.85. The van der Waals surface area contributed by atoms with E-state index < -0.39 is 5.54 Å². The Bertz CT molecular complexity index is 329. The highest BCUT2D eigenvalue weighted by molar-refractivity contribution is 5.88. The summed E-state index contributed by atoms with van der Waals surface area (Å²) in [6.07, 6.45) is 0. The van der Waals surface area contributed by atoms with Gasteiger partial charge in [0.15, 0.2) is 5.84 Å². The fourth-order valence-corrected chi connectivity index (χ4v) is 2.30. The van der Waals surface area contributed by atoms with Crippen LogP contribution >= 0.6 is 0 Å². The Morgan fingerprint density at radius 1 is 1.15 bits per heavy atom. The van der Waals surface area contributed by atoms with E-state index >= 15 is 0 Å². The molecule has 0 aliphatic carbocycles. The number of piperazine rings is 1.